The normalized spacial score (nSPS) is 25.3. The van der Waals surface area contributed by atoms with Crippen molar-refractivity contribution in [3.8, 4) is 0 Å². The molecule has 26 heavy (non-hydrogen) atoms. The first-order valence-corrected chi connectivity index (χ1v) is 11.7. The summed E-state index contributed by atoms with van der Waals surface area (Å²) >= 11 is 0. The molecule has 0 aromatic rings. The van der Waals surface area contributed by atoms with Crippen LogP contribution in [0.4, 0.5) is 0 Å². The van der Waals surface area contributed by atoms with Crippen LogP contribution >= 0.6 is 0 Å². The van der Waals surface area contributed by atoms with Crippen LogP contribution in [0.15, 0.2) is 12.2 Å². The molecule has 0 bridgehead atoms. The van der Waals surface area contributed by atoms with Crippen molar-refractivity contribution in [2.24, 2.45) is 11.8 Å². The van der Waals surface area contributed by atoms with Crippen molar-refractivity contribution in [1.29, 1.82) is 0 Å². The third-order valence-electron chi connectivity index (χ3n) is 6.18. The minimum Gasteiger partial charge on any atom is -0.377 e. The maximum Gasteiger partial charge on any atom is 0.0651 e. The van der Waals surface area contributed by atoms with Crippen LogP contribution in [0.5, 0.6) is 0 Å². The van der Waals surface area contributed by atoms with Gasteiger partial charge in [-0.1, -0.05) is 76.9 Å². The van der Waals surface area contributed by atoms with E-state index in [0.717, 1.165) is 25.0 Å². The molecule has 2 saturated heterocycles. The van der Waals surface area contributed by atoms with Crippen LogP contribution in [0.3, 0.4) is 0 Å². The zero-order valence-electron chi connectivity index (χ0n) is 17.4. The topological polar surface area (TPSA) is 21.3 Å². The van der Waals surface area contributed by atoms with E-state index in [2.05, 4.69) is 30.8 Å². The van der Waals surface area contributed by atoms with Crippen LogP contribution in [0.25, 0.3) is 0 Å². The fourth-order valence-corrected chi connectivity index (χ4v) is 4.42. The largest absolute Gasteiger partial charge is 0.377 e. The van der Waals surface area contributed by atoms with Gasteiger partial charge in [-0.25, -0.2) is 0 Å². The Labute approximate surface area is 163 Å². The molecule has 0 aromatic heterocycles. The third-order valence-corrected chi connectivity index (χ3v) is 6.18. The molecule has 2 nitrogen and oxygen atoms in total. The van der Waals surface area contributed by atoms with Gasteiger partial charge in [0.05, 0.1) is 12.7 Å². The molecule has 0 aliphatic carbocycles. The average molecular weight is 363 g/mol. The van der Waals surface area contributed by atoms with Gasteiger partial charge in [0, 0.05) is 24.9 Å². The van der Waals surface area contributed by atoms with Gasteiger partial charge in [-0.15, -0.1) is 0 Å². The fraction of sp³-hybridized carbons (Fsp3) is 0.875. The summed E-state index contributed by atoms with van der Waals surface area (Å²) in [6.07, 6.45) is 26.9. The molecule has 3 atom stereocenters. The van der Waals surface area contributed by atoms with Gasteiger partial charge in [-0.3, -0.25) is 0 Å². The molecule has 2 aliphatic rings. The quantitative estimate of drug-likeness (QED) is 0.251. The maximum atomic E-state index is 5.94. The fourth-order valence-electron chi connectivity index (χ4n) is 4.42. The Morgan fingerprint density at radius 2 is 1.38 bits per heavy atom. The summed E-state index contributed by atoms with van der Waals surface area (Å²) in [4.78, 5) is 0. The molecule has 151 valence electrons. The molecule has 2 rings (SSSR count). The first-order valence-electron chi connectivity index (χ1n) is 11.7. The molecule has 1 radical (unpaired) electrons. The third kappa shape index (κ3) is 9.04. The lowest BCUT2D eigenvalue weighted by Gasteiger charge is -2.15. The van der Waals surface area contributed by atoms with E-state index in [1.807, 2.05) is 0 Å². The number of fused-ring (bicyclic) bond motifs is 1. The molecule has 2 fully saturated rings. The van der Waals surface area contributed by atoms with E-state index >= 15 is 0 Å². The Kier molecular flexibility index (Phi) is 12.4. The average Bonchev–Trinajstić information content (AvgIpc) is 3.26. The molecule has 0 amide bonds. The molecule has 0 spiro atoms. The molecule has 0 saturated carbocycles. The standard InChI is InChI=1S/C24H44NO/c1-2-3-4-5-6-7-8-9-10-11-12-13-14-15-16-17-18-24-23-20-25-19-22(23)21-26-24/h9-10,18,22-25H,2-8,11-17,19-21H2,1H3/b10-9-. The highest BCUT2D eigenvalue weighted by Gasteiger charge is 2.39. The van der Waals surface area contributed by atoms with Gasteiger partial charge in [0.15, 0.2) is 0 Å². The van der Waals surface area contributed by atoms with E-state index in [1.54, 1.807) is 0 Å². The van der Waals surface area contributed by atoms with Gasteiger partial charge in [-0.05, 0) is 38.5 Å². The zero-order chi connectivity index (χ0) is 18.3. The smallest absolute Gasteiger partial charge is 0.0651 e. The van der Waals surface area contributed by atoms with Crippen LogP contribution in [0.2, 0.25) is 0 Å². The van der Waals surface area contributed by atoms with Crippen LogP contribution < -0.4 is 5.32 Å². The summed E-state index contributed by atoms with van der Waals surface area (Å²) in [5.41, 5.74) is 0. The van der Waals surface area contributed by atoms with E-state index < -0.39 is 0 Å². The second kappa shape index (κ2) is 14.7. The van der Waals surface area contributed by atoms with Crippen molar-refractivity contribution in [2.75, 3.05) is 19.7 Å². The molecular weight excluding hydrogens is 318 g/mol. The van der Waals surface area contributed by atoms with Crippen LogP contribution in [0, 0.1) is 18.3 Å². The zero-order valence-corrected chi connectivity index (χ0v) is 17.4. The number of allylic oxidation sites excluding steroid dienone is 2. The van der Waals surface area contributed by atoms with Gasteiger partial charge in [-0.2, -0.15) is 0 Å². The first-order chi connectivity index (χ1) is 12.9. The second-order valence-corrected chi connectivity index (χ2v) is 8.49. The molecule has 2 aliphatic heterocycles. The highest BCUT2D eigenvalue weighted by molar-refractivity contribution is 4.97. The summed E-state index contributed by atoms with van der Waals surface area (Å²) in [7, 11) is 0. The first kappa shape index (κ1) is 22.0. The number of unbranched alkanes of at least 4 members (excludes halogenated alkanes) is 12. The monoisotopic (exact) mass is 362 g/mol. The SMILES string of the molecule is CCCCCCCC/C=C\CCCCCCC[CH]C1OCC2CNCC21. The van der Waals surface area contributed by atoms with Crippen LogP contribution in [0.1, 0.15) is 96.8 Å². The number of hydrogen-bond donors (Lipinski definition) is 1. The molecular formula is C24H44NO. The van der Waals surface area contributed by atoms with E-state index in [4.69, 9.17) is 4.74 Å². The minimum absolute atomic E-state index is 0.437. The van der Waals surface area contributed by atoms with Gasteiger partial charge < -0.3 is 10.1 Å². The van der Waals surface area contributed by atoms with Gasteiger partial charge >= 0.3 is 0 Å². The van der Waals surface area contributed by atoms with Crippen LogP contribution in [-0.2, 0) is 4.74 Å². The predicted molar refractivity (Wildman–Crippen MR) is 113 cm³/mol. The summed E-state index contributed by atoms with van der Waals surface area (Å²) in [6.45, 7) is 5.60. The number of rotatable bonds is 16. The Morgan fingerprint density at radius 3 is 2.08 bits per heavy atom. The lowest BCUT2D eigenvalue weighted by molar-refractivity contribution is 0.108. The Morgan fingerprint density at radius 1 is 0.769 bits per heavy atom. The number of hydrogen-bond acceptors (Lipinski definition) is 2. The summed E-state index contributed by atoms with van der Waals surface area (Å²) in [5, 5.41) is 3.51. The van der Waals surface area contributed by atoms with Gasteiger partial charge in [0.25, 0.3) is 0 Å². The summed E-state index contributed by atoms with van der Waals surface area (Å²) in [5.74, 6) is 1.54. The lowest BCUT2D eigenvalue weighted by Crippen LogP contribution is -2.22. The molecule has 1 N–H and O–H groups in total. The highest BCUT2D eigenvalue weighted by atomic mass is 16.5. The van der Waals surface area contributed by atoms with Crippen molar-refractivity contribution in [3.63, 3.8) is 0 Å². The summed E-state index contributed by atoms with van der Waals surface area (Å²) < 4.78 is 5.94. The number of nitrogens with one attached hydrogen (secondary N) is 1. The van der Waals surface area contributed by atoms with Crippen molar-refractivity contribution in [3.05, 3.63) is 18.6 Å². The van der Waals surface area contributed by atoms with E-state index in [1.165, 1.54) is 96.4 Å². The van der Waals surface area contributed by atoms with Gasteiger partial charge in [0.1, 0.15) is 0 Å². The molecule has 2 heterocycles. The van der Waals surface area contributed by atoms with E-state index in [0.29, 0.717) is 6.10 Å². The van der Waals surface area contributed by atoms with Crippen molar-refractivity contribution in [1.82, 2.24) is 5.32 Å². The Hall–Kier alpha value is -0.340. The highest BCUT2D eigenvalue weighted by Crippen LogP contribution is 2.32. The summed E-state index contributed by atoms with van der Waals surface area (Å²) in [6, 6.07) is 0. The molecule has 2 heteroatoms. The number of ether oxygens (including phenoxy) is 1. The minimum atomic E-state index is 0.437. The van der Waals surface area contributed by atoms with E-state index in [9.17, 15) is 0 Å². The Bertz CT molecular complexity index is 354. The van der Waals surface area contributed by atoms with Crippen molar-refractivity contribution >= 4 is 0 Å². The lowest BCUT2D eigenvalue weighted by atomic mass is 9.91. The molecule has 0 aromatic carbocycles. The maximum absolute atomic E-state index is 5.94. The molecule has 3 unspecified atom stereocenters. The van der Waals surface area contributed by atoms with Crippen molar-refractivity contribution < 1.29 is 4.74 Å². The van der Waals surface area contributed by atoms with Gasteiger partial charge in [0.2, 0.25) is 0 Å². The second-order valence-electron chi connectivity index (χ2n) is 8.49. The van der Waals surface area contributed by atoms with E-state index in [-0.39, 0.29) is 0 Å². The Balaban J connectivity index is 1.29. The van der Waals surface area contributed by atoms with Crippen LogP contribution in [-0.4, -0.2) is 25.8 Å². The predicted octanol–water partition coefficient (Wildman–Crippen LogP) is 6.46. The van der Waals surface area contributed by atoms with Crippen molar-refractivity contribution in [2.45, 2.75) is 103 Å².